The van der Waals surface area contributed by atoms with Gasteiger partial charge >= 0.3 is 0 Å². The molecule has 0 saturated heterocycles. The highest BCUT2D eigenvalue weighted by atomic mass is 32.2. The van der Waals surface area contributed by atoms with Gasteiger partial charge in [0.25, 0.3) is 0 Å². The highest BCUT2D eigenvalue weighted by Gasteiger charge is 2.02. The number of hydrogen-bond donors (Lipinski definition) is 2. The smallest absolute Gasteiger partial charge is 0.125 e. The molecule has 5 heteroatoms. The number of rotatable bonds is 6. The van der Waals surface area contributed by atoms with Crippen LogP contribution in [0.1, 0.15) is 12.5 Å². The molecule has 0 fully saturated rings. The van der Waals surface area contributed by atoms with Crippen LogP contribution in [0.4, 0.5) is 5.82 Å². The Kier molecular flexibility index (Phi) is 5.55. The van der Waals surface area contributed by atoms with Crippen molar-refractivity contribution in [1.29, 1.82) is 0 Å². The van der Waals surface area contributed by atoms with Crippen LogP contribution < -0.4 is 11.1 Å². The SMILES string of the molecule is CSCC(C)CNc1ccc(C(N)=S)cn1. The van der Waals surface area contributed by atoms with Crippen molar-refractivity contribution in [3.8, 4) is 0 Å². The summed E-state index contributed by atoms with van der Waals surface area (Å²) in [6.45, 7) is 3.15. The molecule has 1 heterocycles. The molecule has 1 aromatic heterocycles. The molecule has 1 rings (SSSR count). The number of thioether (sulfide) groups is 1. The standard InChI is InChI=1S/C11H17N3S2/c1-8(7-16-2)5-13-10-4-3-9(6-14-10)11(12)15/h3-4,6,8H,5,7H2,1-2H3,(H2,12,15)(H,13,14). The summed E-state index contributed by atoms with van der Waals surface area (Å²) in [4.78, 5) is 4.63. The maximum atomic E-state index is 5.49. The fraction of sp³-hybridized carbons (Fsp3) is 0.455. The van der Waals surface area contributed by atoms with Gasteiger partial charge < -0.3 is 11.1 Å². The van der Waals surface area contributed by atoms with Gasteiger partial charge in [-0.15, -0.1) is 0 Å². The molecular weight excluding hydrogens is 238 g/mol. The topological polar surface area (TPSA) is 50.9 Å². The van der Waals surface area contributed by atoms with Crippen molar-refractivity contribution >= 4 is 34.8 Å². The molecule has 0 aliphatic heterocycles. The van der Waals surface area contributed by atoms with E-state index in [0.717, 1.165) is 23.7 Å². The normalized spacial score (nSPS) is 12.1. The van der Waals surface area contributed by atoms with E-state index in [1.807, 2.05) is 23.9 Å². The van der Waals surface area contributed by atoms with Crippen LogP contribution in [0.15, 0.2) is 18.3 Å². The van der Waals surface area contributed by atoms with Gasteiger partial charge in [0.15, 0.2) is 0 Å². The van der Waals surface area contributed by atoms with Crippen LogP contribution >= 0.6 is 24.0 Å². The summed E-state index contributed by atoms with van der Waals surface area (Å²) in [6, 6.07) is 3.79. The van der Waals surface area contributed by atoms with Gasteiger partial charge in [-0.05, 0) is 30.1 Å². The number of thiocarbonyl (C=S) groups is 1. The third-order valence-corrected chi connectivity index (χ3v) is 3.27. The van der Waals surface area contributed by atoms with E-state index in [1.165, 1.54) is 0 Å². The maximum Gasteiger partial charge on any atom is 0.125 e. The summed E-state index contributed by atoms with van der Waals surface area (Å²) < 4.78 is 0. The number of nitrogens with zero attached hydrogens (tertiary/aromatic N) is 1. The Balaban J connectivity index is 2.46. The van der Waals surface area contributed by atoms with E-state index in [4.69, 9.17) is 18.0 Å². The Morgan fingerprint density at radius 1 is 1.62 bits per heavy atom. The summed E-state index contributed by atoms with van der Waals surface area (Å²) in [5, 5.41) is 3.29. The summed E-state index contributed by atoms with van der Waals surface area (Å²) >= 11 is 6.72. The van der Waals surface area contributed by atoms with Gasteiger partial charge in [0.2, 0.25) is 0 Å². The van der Waals surface area contributed by atoms with E-state index in [2.05, 4.69) is 23.5 Å². The van der Waals surface area contributed by atoms with E-state index >= 15 is 0 Å². The predicted molar refractivity (Wildman–Crippen MR) is 76.2 cm³/mol. The lowest BCUT2D eigenvalue weighted by Gasteiger charge is -2.11. The summed E-state index contributed by atoms with van der Waals surface area (Å²) in [5.74, 6) is 2.65. The second kappa shape index (κ2) is 6.70. The predicted octanol–water partition coefficient (Wildman–Crippen LogP) is 2.13. The van der Waals surface area contributed by atoms with E-state index in [1.54, 1.807) is 6.20 Å². The summed E-state index contributed by atoms with van der Waals surface area (Å²) in [7, 11) is 0. The zero-order valence-corrected chi connectivity index (χ0v) is 11.2. The lowest BCUT2D eigenvalue weighted by atomic mass is 10.2. The van der Waals surface area contributed by atoms with E-state index in [9.17, 15) is 0 Å². The van der Waals surface area contributed by atoms with Crippen molar-refractivity contribution in [3.63, 3.8) is 0 Å². The number of hydrogen-bond acceptors (Lipinski definition) is 4. The minimum absolute atomic E-state index is 0.384. The van der Waals surface area contributed by atoms with Gasteiger partial charge in [0.1, 0.15) is 10.8 Å². The number of pyridine rings is 1. The quantitative estimate of drug-likeness (QED) is 0.763. The first-order chi connectivity index (χ1) is 7.63. The van der Waals surface area contributed by atoms with Crippen LogP contribution in [0.2, 0.25) is 0 Å². The van der Waals surface area contributed by atoms with Crippen molar-refractivity contribution < 1.29 is 0 Å². The fourth-order valence-electron chi connectivity index (χ4n) is 1.27. The van der Waals surface area contributed by atoms with Gasteiger partial charge in [-0.25, -0.2) is 4.98 Å². The van der Waals surface area contributed by atoms with Crippen LogP contribution in [0, 0.1) is 5.92 Å². The van der Waals surface area contributed by atoms with Crippen molar-refractivity contribution in [2.45, 2.75) is 6.92 Å². The number of nitrogens with two attached hydrogens (primary N) is 1. The molecule has 1 atom stereocenters. The average Bonchev–Trinajstić information content (AvgIpc) is 2.27. The number of nitrogens with one attached hydrogen (secondary N) is 1. The Morgan fingerprint density at radius 3 is 2.88 bits per heavy atom. The first-order valence-electron chi connectivity index (χ1n) is 5.12. The van der Waals surface area contributed by atoms with Gasteiger partial charge in [0, 0.05) is 18.3 Å². The lowest BCUT2D eigenvalue weighted by Crippen LogP contribution is -2.14. The lowest BCUT2D eigenvalue weighted by molar-refractivity contribution is 0.699. The van der Waals surface area contributed by atoms with Crippen LogP contribution in [-0.4, -0.2) is 28.5 Å². The first-order valence-corrected chi connectivity index (χ1v) is 6.92. The van der Waals surface area contributed by atoms with Crippen molar-refractivity contribution in [2.75, 3.05) is 23.9 Å². The van der Waals surface area contributed by atoms with Crippen molar-refractivity contribution in [3.05, 3.63) is 23.9 Å². The van der Waals surface area contributed by atoms with Crippen LogP contribution in [0.3, 0.4) is 0 Å². The minimum Gasteiger partial charge on any atom is -0.389 e. The van der Waals surface area contributed by atoms with E-state index in [0.29, 0.717) is 10.9 Å². The molecule has 1 aromatic rings. The molecule has 0 spiro atoms. The highest BCUT2D eigenvalue weighted by Crippen LogP contribution is 2.08. The molecule has 1 unspecified atom stereocenters. The molecule has 0 saturated carbocycles. The Morgan fingerprint density at radius 2 is 2.38 bits per heavy atom. The molecule has 3 N–H and O–H groups in total. The largest absolute Gasteiger partial charge is 0.389 e. The fourth-order valence-corrected chi connectivity index (χ4v) is 2.07. The maximum absolute atomic E-state index is 5.49. The molecule has 16 heavy (non-hydrogen) atoms. The Hall–Kier alpha value is -0.810. The van der Waals surface area contributed by atoms with Crippen LogP contribution in [0.25, 0.3) is 0 Å². The summed E-state index contributed by atoms with van der Waals surface area (Å²) in [6.07, 6.45) is 3.82. The van der Waals surface area contributed by atoms with Gasteiger partial charge in [-0.2, -0.15) is 11.8 Å². The van der Waals surface area contributed by atoms with Gasteiger partial charge in [-0.1, -0.05) is 19.1 Å². The number of anilines is 1. The molecule has 0 radical (unpaired) electrons. The van der Waals surface area contributed by atoms with Gasteiger partial charge in [-0.3, -0.25) is 0 Å². The molecule has 88 valence electrons. The van der Waals surface area contributed by atoms with Gasteiger partial charge in [0.05, 0.1) is 0 Å². The molecule has 0 amide bonds. The summed E-state index contributed by atoms with van der Waals surface area (Å²) in [5.41, 5.74) is 6.30. The zero-order valence-electron chi connectivity index (χ0n) is 9.56. The molecule has 0 aliphatic rings. The molecule has 3 nitrogen and oxygen atoms in total. The second-order valence-corrected chi connectivity index (χ2v) is 5.09. The van der Waals surface area contributed by atoms with Crippen molar-refractivity contribution in [1.82, 2.24) is 4.98 Å². The van der Waals surface area contributed by atoms with Crippen molar-refractivity contribution in [2.24, 2.45) is 11.7 Å². The molecular formula is C11H17N3S2. The monoisotopic (exact) mass is 255 g/mol. The Bertz CT molecular complexity index is 338. The zero-order chi connectivity index (χ0) is 12.0. The van der Waals surface area contributed by atoms with Crippen LogP contribution in [-0.2, 0) is 0 Å². The third kappa shape index (κ3) is 4.37. The first kappa shape index (κ1) is 13.3. The number of aromatic nitrogens is 1. The third-order valence-electron chi connectivity index (χ3n) is 2.13. The van der Waals surface area contributed by atoms with E-state index in [-0.39, 0.29) is 0 Å². The highest BCUT2D eigenvalue weighted by molar-refractivity contribution is 7.98. The molecule has 0 aliphatic carbocycles. The molecule has 0 bridgehead atoms. The average molecular weight is 255 g/mol. The second-order valence-electron chi connectivity index (χ2n) is 3.74. The van der Waals surface area contributed by atoms with E-state index < -0.39 is 0 Å². The van der Waals surface area contributed by atoms with Crippen LogP contribution in [0.5, 0.6) is 0 Å². The Labute approximate surface area is 106 Å². The minimum atomic E-state index is 0.384. The molecule has 0 aromatic carbocycles.